The maximum absolute atomic E-state index is 3.66. The van der Waals surface area contributed by atoms with E-state index in [0.29, 0.717) is 0 Å². The molecule has 1 aromatic rings. The Morgan fingerprint density at radius 3 is 2.72 bits per heavy atom. The van der Waals surface area contributed by atoms with Crippen molar-refractivity contribution in [3.8, 4) is 0 Å². The van der Waals surface area contributed by atoms with Crippen molar-refractivity contribution in [2.45, 2.75) is 26.3 Å². The molecule has 0 saturated carbocycles. The number of aryl methyl sites for hydroxylation is 1. The molecule has 0 unspecified atom stereocenters. The second-order valence-corrected chi connectivity index (χ2v) is 6.34. The SMILES string of the molecule is Cc1ccc(CN(C)CC2CCNCC2)c(Br)c1. The molecular formula is C15H23BrN2. The fraction of sp³-hybridized carbons (Fsp3) is 0.600. The third-order valence-electron chi connectivity index (χ3n) is 3.68. The quantitative estimate of drug-likeness (QED) is 0.919. The van der Waals surface area contributed by atoms with Gasteiger partial charge >= 0.3 is 0 Å². The second kappa shape index (κ2) is 6.69. The number of benzene rings is 1. The summed E-state index contributed by atoms with van der Waals surface area (Å²) in [7, 11) is 2.23. The average molecular weight is 311 g/mol. The predicted molar refractivity (Wildman–Crippen MR) is 80.8 cm³/mol. The van der Waals surface area contributed by atoms with Crippen molar-refractivity contribution < 1.29 is 0 Å². The monoisotopic (exact) mass is 310 g/mol. The zero-order chi connectivity index (χ0) is 13.0. The van der Waals surface area contributed by atoms with E-state index in [4.69, 9.17) is 0 Å². The number of piperidine rings is 1. The molecule has 0 atom stereocenters. The van der Waals surface area contributed by atoms with Crippen molar-refractivity contribution in [3.63, 3.8) is 0 Å². The van der Waals surface area contributed by atoms with E-state index in [9.17, 15) is 0 Å². The standard InChI is InChI=1S/C15H23BrN2/c1-12-3-4-14(15(16)9-12)11-18(2)10-13-5-7-17-8-6-13/h3-4,9,13,17H,5-8,10-11H2,1-2H3. The van der Waals surface area contributed by atoms with Crippen molar-refractivity contribution in [3.05, 3.63) is 33.8 Å². The molecule has 0 radical (unpaired) electrons. The fourth-order valence-electron chi connectivity index (χ4n) is 2.64. The van der Waals surface area contributed by atoms with E-state index in [0.717, 1.165) is 12.5 Å². The van der Waals surface area contributed by atoms with E-state index in [1.165, 1.54) is 48.1 Å². The summed E-state index contributed by atoms with van der Waals surface area (Å²) < 4.78 is 1.24. The summed E-state index contributed by atoms with van der Waals surface area (Å²) >= 11 is 3.66. The maximum Gasteiger partial charge on any atom is 0.0242 e. The number of rotatable bonds is 4. The van der Waals surface area contributed by atoms with Gasteiger partial charge in [-0.3, -0.25) is 0 Å². The average Bonchev–Trinajstić information content (AvgIpc) is 2.34. The van der Waals surface area contributed by atoms with E-state index in [2.05, 4.69) is 58.3 Å². The smallest absolute Gasteiger partial charge is 0.0242 e. The van der Waals surface area contributed by atoms with Crippen LogP contribution in [0.4, 0.5) is 0 Å². The summed E-state index contributed by atoms with van der Waals surface area (Å²) in [5.41, 5.74) is 2.70. The van der Waals surface area contributed by atoms with Gasteiger partial charge < -0.3 is 10.2 Å². The second-order valence-electron chi connectivity index (χ2n) is 5.48. The Bertz CT molecular complexity index is 386. The molecule has 1 aromatic carbocycles. The lowest BCUT2D eigenvalue weighted by atomic mass is 9.97. The molecule has 2 rings (SSSR count). The third kappa shape index (κ3) is 4.08. The van der Waals surface area contributed by atoms with Crippen LogP contribution in [0, 0.1) is 12.8 Å². The number of nitrogens with one attached hydrogen (secondary N) is 1. The highest BCUT2D eigenvalue weighted by atomic mass is 79.9. The lowest BCUT2D eigenvalue weighted by molar-refractivity contribution is 0.234. The molecule has 1 aliphatic heterocycles. The van der Waals surface area contributed by atoms with Gasteiger partial charge in [-0.05, 0) is 63.0 Å². The topological polar surface area (TPSA) is 15.3 Å². The lowest BCUT2D eigenvalue weighted by Crippen LogP contribution is -2.34. The molecule has 3 heteroatoms. The van der Waals surface area contributed by atoms with Gasteiger partial charge in [-0.1, -0.05) is 28.1 Å². The molecule has 1 aliphatic rings. The van der Waals surface area contributed by atoms with E-state index in [-0.39, 0.29) is 0 Å². The summed E-state index contributed by atoms with van der Waals surface area (Å²) in [6.45, 7) is 6.75. The normalized spacial score (nSPS) is 17.3. The van der Waals surface area contributed by atoms with Crippen molar-refractivity contribution >= 4 is 15.9 Å². The van der Waals surface area contributed by atoms with Crippen molar-refractivity contribution in [1.29, 1.82) is 0 Å². The van der Waals surface area contributed by atoms with Crippen LogP contribution in [0.3, 0.4) is 0 Å². The molecule has 100 valence electrons. The Balaban J connectivity index is 1.87. The summed E-state index contributed by atoms with van der Waals surface area (Å²) in [5, 5.41) is 3.43. The summed E-state index contributed by atoms with van der Waals surface area (Å²) in [5.74, 6) is 0.862. The van der Waals surface area contributed by atoms with Gasteiger partial charge in [-0.25, -0.2) is 0 Å². The van der Waals surface area contributed by atoms with Crippen LogP contribution in [-0.2, 0) is 6.54 Å². The van der Waals surface area contributed by atoms with E-state index in [1.54, 1.807) is 0 Å². The molecule has 1 fully saturated rings. The summed E-state index contributed by atoms with van der Waals surface area (Å²) in [6.07, 6.45) is 2.64. The van der Waals surface area contributed by atoms with Crippen LogP contribution in [-0.4, -0.2) is 31.6 Å². The number of halogens is 1. The molecule has 0 aliphatic carbocycles. The minimum atomic E-state index is 0.862. The Morgan fingerprint density at radius 1 is 1.33 bits per heavy atom. The minimum absolute atomic E-state index is 0.862. The first-order chi connectivity index (χ1) is 8.65. The van der Waals surface area contributed by atoms with E-state index >= 15 is 0 Å². The Morgan fingerprint density at radius 2 is 2.06 bits per heavy atom. The van der Waals surface area contributed by atoms with E-state index in [1.807, 2.05) is 0 Å². The highest BCUT2D eigenvalue weighted by molar-refractivity contribution is 9.10. The molecule has 0 spiro atoms. The molecule has 1 heterocycles. The van der Waals surface area contributed by atoms with Gasteiger partial charge in [-0.2, -0.15) is 0 Å². The van der Waals surface area contributed by atoms with Crippen LogP contribution in [0.2, 0.25) is 0 Å². The van der Waals surface area contributed by atoms with Gasteiger partial charge in [0.2, 0.25) is 0 Å². The van der Waals surface area contributed by atoms with E-state index < -0.39 is 0 Å². The molecule has 1 saturated heterocycles. The van der Waals surface area contributed by atoms with Crippen LogP contribution in [0.5, 0.6) is 0 Å². The molecule has 1 N–H and O–H groups in total. The molecular weight excluding hydrogens is 288 g/mol. The first-order valence-electron chi connectivity index (χ1n) is 6.79. The Kier molecular flexibility index (Phi) is 5.22. The van der Waals surface area contributed by atoms with Gasteiger partial charge in [0, 0.05) is 17.6 Å². The highest BCUT2D eigenvalue weighted by Gasteiger charge is 2.15. The first-order valence-corrected chi connectivity index (χ1v) is 7.59. The molecule has 0 bridgehead atoms. The summed E-state index contributed by atoms with van der Waals surface area (Å²) in [6, 6.07) is 6.63. The van der Waals surface area contributed by atoms with Crippen LogP contribution in [0.15, 0.2) is 22.7 Å². The van der Waals surface area contributed by atoms with Gasteiger partial charge in [0.1, 0.15) is 0 Å². The maximum atomic E-state index is 3.66. The zero-order valence-electron chi connectivity index (χ0n) is 11.4. The van der Waals surface area contributed by atoms with Gasteiger partial charge in [-0.15, -0.1) is 0 Å². The van der Waals surface area contributed by atoms with Gasteiger partial charge in [0.25, 0.3) is 0 Å². The third-order valence-corrected chi connectivity index (χ3v) is 4.42. The largest absolute Gasteiger partial charge is 0.317 e. The predicted octanol–water partition coefficient (Wildman–Crippen LogP) is 3.19. The van der Waals surface area contributed by atoms with Crippen LogP contribution in [0.1, 0.15) is 24.0 Å². The zero-order valence-corrected chi connectivity index (χ0v) is 13.0. The fourth-order valence-corrected chi connectivity index (χ4v) is 3.26. The molecule has 0 amide bonds. The molecule has 18 heavy (non-hydrogen) atoms. The van der Waals surface area contributed by atoms with Gasteiger partial charge in [0.05, 0.1) is 0 Å². The minimum Gasteiger partial charge on any atom is -0.317 e. The lowest BCUT2D eigenvalue weighted by Gasteiger charge is -2.27. The van der Waals surface area contributed by atoms with Crippen molar-refractivity contribution in [2.75, 3.05) is 26.7 Å². The summed E-state index contributed by atoms with van der Waals surface area (Å²) in [4.78, 5) is 2.45. The molecule has 2 nitrogen and oxygen atoms in total. The highest BCUT2D eigenvalue weighted by Crippen LogP contribution is 2.21. The molecule has 0 aromatic heterocycles. The van der Waals surface area contributed by atoms with Crippen molar-refractivity contribution in [2.24, 2.45) is 5.92 Å². The number of nitrogens with zero attached hydrogens (tertiary/aromatic N) is 1. The van der Waals surface area contributed by atoms with Crippen LogP contribution >= 0.6 is 15.9 Å². The van der Waals surface area contributed by atoms with Gasteiger partial charge in [0.15, 0.2) is 0 Å². The Hall–Kier alpha value is -0.380. The first kappa shape index (κ1) is 14.0. The number of hydrogen-bond donors (Lipinski definition) is 1. The Labute approximate surface area is 119 Å². The van der Waals surface area contributed by atoms with Crippen molar-refractivity contribution in [1.82, 2.24) is 10.2 Å². The van der Waals surface area contributed by atoms with Crippen LogP contribution < -0.4 is 5.32 Å². The van der Waals surface area contributed by atoms with Crippen LogP contribution in [0.25, 0.3) is 0 Å². The number of hydrogen-bond acceptors (Lipinski definition) is 2.